The minimum Gasteiger partial charge on any atom is -0.468 e. The summed E-state index contributed by atoms with van der Waals surface area (Å²) in [7, 11) is 3.99. The Morgan fingerprint density at radius 2 is 1.57 bits per heavy atom. The van der Waals surface area contributed by atoms with Crippen LogP contribution in [0, 0.1) is 0 Å². The van der Waals surface area contributed by atoms with Crippen LogP contribution in [0.3, 0.4) is 0 Å². The van der Waals surface area contributed by atoms with Crippen molar-refractivity contribution in [2.75, 3.05) is 21.3 Å². The van der Waals surface area contributed by atoms with E-state index in [-0.39, 0.29) is 11.5 Å². The van der Waals surface area contributed by atoms with Gasteiger partial charge in [-0.3, -0.25) is 0 Å². The molecule has 6 nitrogen and oxygen atoms in total. The van der Waals surface area contributed by atoms with Crippen LogP contribution in [-0.4, -0.2) is 33.3 Å². The van der Waals surface area contributed by atoms with Gasteiger partial charge in [-0.25, -0.2) is 9.59 Å². The van der Waals surface area contributed by atoms with E-state index in [4.69, 9.17) is 9.15 Å². The van der Waals surface area contributed by atoms with Gasteiger partial charge >= 0.3 is 11.9 Å². The van der Waals surface area contributed by atoms with Gasteiger partial charge in [0.1, 0.15) is 11.3 Å². The fourth-order valence-corrected chi connectivity index (χ4v) is 1.81. The SMILES string of the molecule is COC(=O)c1ccc(-c2cc(C(=O)OC)c(OC)o2)cc1. The molecule has 2 rings (SSSR count). The Hall–Kier alpha value is -2.76. The summed E-state index contributed by atoms with van der Waals surface area (Å²) in [5, 5.41) is 0. The van der Waals surface area contributed by atoms with Gasteiger partial charge in [0.25, 0.3) is 5.95 Å². The molecule has 0 bridgehead atoms. The molecule has 1 heterocycles. The third-order valence-electron chi connectivity index (χ3n) is 2.88. The van der Waals surface area contributed by atoms with Gasteiger partial charge in [-0.2, -0.15) is 0 Å². The number of benzene rings is 1. The minimum atomic E-state index is -0.548. The highest BCUT2D eigenvalue weighted by atomic mass is 16.6. The second-order valence-electron chi connectivity index (χ2n) is 4.08. The predicted molar refractivity (Wildman–Crippen MR) is 73.4 cm³/mol. The summed E-state index contributed by atoms with van der Waals surface area (Å²) in [6.07, 6.45) is 0. The van der Waals surface area contributed by atoms with E-state index >= 15 is 0 Å². The molecule has 0 aliphatic heterocycles. The normalized spacial score (nSPS) is 10.0. The zero-order valence-corrected chi connectivity index (χ0v) is 11.8. The van der Waals surface area contributed by atoms with E-state index in [9.17, 15) is 9.59 Å². The van der Waals surface area contributed by atoms with E-state index < -0.39 is 11.9 Å². The number of carbonyl (C=O) groups is 2. The number of carbonyl (C=O) groups excluding carboxylic acids is 2. The molecule has 1 aromatic heterocycles. The molecule has 2 aromatic rings. The van der Waals surface area contributed by atoms with E-state index in [2.05, 4.69) is 9.47 Å². The molecule has 0 aliphatic carbocycles. The fourth-order valence-electron chi connectivity index (χ4n) is 1.81. The smallest absolute Gasteiger partial charge is 0.345 e. The molecule has 6 heteroatoms. The maximum atomic E-state index is 11.6. The van der Waals surface area contributed by atoms with Crippen molar-refractivity contribution in [3.05, 3.63) is 41.5 Å². The molecule has 0 atom stereocenters. The lowest BCUT2D eigenvalue weighted by atomic mass is 10.1. The van der Waals surface area contributed by atoms with Crippen LogP contribution in [-0.2, 0) is 9.47 Å². The Kier molecular flexibility index (Phi) is 4.27. The van der Waals surface area contributed by atoms with Crippen LogP contribution >= 0.6 is 0 Å². The molecule has 0 fully saturated rings. The van der Waals surface area contributed by atoms with Gasteiger partial charge in [0, 0.05) is 11.6 Å². The lowest BCUT2D eigenvalue weighted by Crippen LogP contribution is -2.01. The number of ether oxygens (including phenoxy) is 3. The third-order valence-corrected chi connectivity index (χ3v) is 2.88. The van der Waals surface area contributed by atoms with Crippen LogP contribution in [0.25, 0.3) is 11.3 Å². The lowest BCUT2D eigenvalue weighted by molar-refractivity contribution is 0.0588. The van der Waals surface area contributed by atoms with Crippen molar-refractivity contribution in [2.45, 2.75) is 0 Å². The van der Waals surface area contributed by atoms with Crippen LogP contribution in [0.4, 0.5) is 0 Å². The fraction of sp³-hybridized carbons (Fsp3) is 0.200. The van der Waals surface area contributed by atoms with Gasteiger partial charge in [-0.15, -0.1) is 0 Å². The van der Waals surface area contributed by atoms with Crippen molar-refractivity contribution in [2.24, 2.45) is 0 Å². The summed E-state index contributed by atoms with van der Waals surface area (Å²) in [5.41, 5.74) is 1.32. The average molecular weight is 290 g/mol. The Balaban J connectivity index is 2.36. The van der Waals surface area contributed by atoms with E-state index in [1.54, 1.807) is 24.3 Å². The first-order valence-electron chi connectivity index (χ1n) is 6.05. The summed E-state index contributed by atoms with van der Waals surface area (Å²) >= 11 is 0. The Bertz CT molecular complexity index is 653. The summed E-state index contributed by atoms with van der Waals surface area (Å²) < 4.78 is 19.7. The quantitative estimate of drug-likeness (QED) is 0.805. The Labute approximate surface area is 121 Å². The van der Waals surface area contributed by atoms with Crippen molar-refractivity contribution in [3.63, 3.8) is 0 Å². The van der Waals surface area contributed by atoms with Crippen molar-refractivity contribution in [1.29, 1.82) is 0 Å². The lowest BCUT2D eigenvalue weighted by Gasteiger charge is -2.00. The van der Waals surface area contributed by atoms with Crippen LogP contribution in [0.2, 0.25) is 0 Å². The number of methoxy groups -OCH3 is 3. The standard InChI is InChI=1S/C15H14O6/c1-18-13(16)10-6-4-9(5-7-10)12-8-11(14(17)19-2)15(20-3)21-12/h4-8H,1-3H3. The first kappa shape index (κ1) is 14.6. The highest BCUT2D eigenvalue weighted by Crippen LogP contribution is 2.31. The molecule has 0 radical (unpaired) electrons. The molecule has 0 saturated carbocycles. The van der Waals surface area contributed by atoms with Gasteiger partial charge in [-0.1, -0.05) is 12.1 Å². The molecule has 0 saturated heterocycles. The molecule has 0 amide bonds. The number of furan rings is 1. The zero-order chi connectivity index (χ0) is 15.4. The topological polar surface area (TPSA) is 75.0 Å². The van der Waals surface area contributed by atoms with Crippen molar-refractivity contribution < 1.29 is 28.2 Å². The summed E-state index contributed by atoms with van der Waals surface area (Å²) in [5.74, 6) is -0.459. The van der Waals surface area contributed by atoms with Crippen LogP contribution in [0.1, 0.15) is 20.7 Å². The van der Waals surface area contributed by atoms with E-state index in [1.165, 1.54) is 27.4 Å². The van der Waals surface area contributed by atoms with Crippen molar-refractivity contribution in [1.82, 2.24) is 0 Å². The molecule has 0 spiro atoms. The van der Waals surface area contributed by atoms with Crippen LogP contribution < -0.4 is 4.74 Å². The monoisotopic (exact) mass is 290 g/mol. The highest BCUT2D eigenvalue weighted by molar-refractivity contribution is 5.93. The number of hydrogen-bond donors (Lipinski definition) is 0. The van der Waals surface area contributed by atoms with E-state index in [0.29, 0.717) is 16.9 Å². The van der Waals surface area contributed by atoms with E-state index in [0.717, 1.165) is 0 Å². The summed E-state index contributed by atoms with van der Waals surface area (Å²) in [6, 6.07) is 8.11. The molecule has 110 valence electrons. The van der Waals surface area contributed by atoms with Crippen molar-refractivity contribution >= 4 is 11.9 Å². The van der Waals surface area contributed by atoms with Gasteiger partial charge in [0.2, 0.25) is 0 Å². The molecular formula is C15H14O6. The largest absolute Gasteiger partial charge is 0.468 e. The van der Waals surface area contributed by atoms with Gasteiger partial charge < -0.3 is 18.6 Å². The zero-order valence-electron chi connectivity index (χ0n) is 11.8. The van der Waals surface area contributed by atoms with Crippen molar-refractivity contribution in [3.8, 4) is 17.3 Å². The first-order chi connectivity index (χ1) is 10.1. The maximum absolute atomic E-state index is 11.6. The second-order valence-corrected chi connectivity index (χ2v) is 4.08. The van der Waals surface area contributed by atoms with Gasteiger partial charge in [-0.05, 0) is 12.1 Å². The predicted octanol–water partition coefficient (Wildman–Crippen LogP) is 2.53. The number of rotatable bonds is 4. The Morgan fingerprint density at radius 1 is 0.952 bits per heavy atom. The second kappa shape index (κ2) is 6.13. The van der Waals surface area contributed by atoms with Crippen LogP contribution in [0.5, 0.6) is 5.95 Å². The number of esters is 2. The maximum Gasteiger partial charge on any atom is 0.345 e. The molecule has 0 unspecified atom stereocenters. The molecule has 1 aromatic carbocycles. The molecule has 0 aliphatic rings. The van der Waals surface area contributed by atoms with Gasteiger partial charge in [0.05, 0.1) is 26.9 Å². The molecule has 21 heavy (non-hydrogen) atoms. The Morgan fingerprint density at radius 3 is 2.10 bits per heavy atom. The molecular weight excluding hydrogens is 276 g/mol. The first-order valence-corrected chi connectivity index (χ1v) is 6.05. The van der Waals surface area contributed by atoms with Gasteiger partial charge in [0.15, 0.2) is 0 Å². The third kappa shape index (κ3) is 2.89. The van der Waals surface area contributed by atoms with Crippen LogP contribution in [0.15, 0.2) is 34.7 Å². The molecule has 0 N–H and O–H groups in total. The number of hydrogen-bond acceptors (Lipinski definition) is 6. The summed E-state index contributed by atoms with van der Waals surface area (Å²) in [4.78, 5) is 23.0. The summed E-state index contributed by atoms with van der Waals surface area (Å²) in [6.45, 7) is 0. The average Bonchev–Trinajstić information content (AvgIpc) is 2.97. The highest BCUT2D eigenvalue weighted by Gasteiger charge is 2.20. The van der Waals surface area contributed by atoms with E-state index in [1.807, 2.05) is 0 Å². The minimum absolute atomic E-state index is 0.0777.